The van der Waals surface area contributed by atoms with Crippen LogP contribution in [0.25, 0.3) is 0 Å². The van der Waals surface area contributed by atoms with Crippen molar-refractivity contribution < 1.29 is 9.53 Å². The second-order valence-electron chi connectivity index (χ2n) is 5.94. The molecule has 3 rings (SSSR count). The van der Waals surface area contributed by atoms with E-state index >= 15 is 0 Å². The molecule has 1 saturated heterocycles. The molecule has 2 unspecified atom stereocenters. The summed E-state index contributed by atoms with van der Waals surface area (Å²) in [6, 6.07) is 8.09. The fourth-order valence-corrected chi connectivity index (χ4v) is 3.54. The minimum atomic E-state index is 0.281. The van der Waals surface area contributed by atoms with E-state index in [2.05, 4.69) is 4.90 Å². The van der Waals surface area contributed by atoms with E-state index in [9.17, 15) is 4.79 Å². The number of hydrogen-bond donors (Lipinski definition) is 0. The predicted octanol–water partition coefficient (Wildman–Crippen LogP) is 3.28. The summed E-state index contributed by atoms with van der Waals surface area (Å²) in [6.45, 7) is 2.44. The predicted molar refractivity (Wildman–Crippen MR) is 79.3 cm³/mol. The molecule has 1 aliphatic carbocycles. The van der Waals surface area contributed by atoms with Gasteiger partial charge in [0.1, 0.15) is 18.1 Å². The van der Waals surface area contributed by atoms with Crippen LogP contribution in [0.2, 0.25) is 0 Å². The molecule has 0 amide bonds. The van der Waals surface area contributed by atoms with Crippen molar-refractivity contribution in [3.05, 3.63) is 29.8 Å². The van der Waals surface area contributed by atoms with Gasteiger partial charge in [-0.3, -0.25) is 9.69 Å². The van der Waals surface area contributed by atoms with Gasteiger partial charge in [0.05, 0.1) is 0 Å². The molecular weight excluding hydrogens is 250 g/mol. The molecule has 2 aliphatic rings. The average molecular weight is 273 g/mol. The van der Waals surface area contributed by atoms with Crippen LogP contribution in [0.1, 0.15) is 48.9 Å². The molecule has 0 N–H and O–H groups in total. The third-order valence-corrected chi connectivity index (χ3v) is 4.56. The molecule has 3 heteroatoms. The molecule has 1 heterocycles. The monoisotopic (exact) mass is 273 g/mol. The Labute approximate surface area is 120 Å². The number of aldehydes is 1. The summed E-state index contributed by atoms with van der Waals surface area (Å²) in [4.78, 5) is 13.5. The quantitative estimate of drug-likeness (QED) is 0.788. The van der Waals surface area contributed by atoms with Gasteiger partial charge < -0.3 is 4.74 Å². The highest BCUT2D eigenvalue weighted by atomic mass is 16.5. The summed E-state index contributed by atoms with van der Waals surface area (Å²) in [5, 5.41) is 0. The first-order valence-electron chi connectivity index (χ1n) is 7.83. The lowest BCUT2D eigenvalue weighted by atomic mass is 9.91. The molecule has 0 spiro atoms. The molecule has 2 fully saturated rings. The Morgan fingerprint density at radius 3 is 2.70 bits per heavy atom. The fraction of sp³-hybridized carbons (Fsp3) is 0.588. The summed E-state index contributed by atoms with van der Waals surface area (Å²) in [5.41, 5.74) is 0.691. The van der Waals surface area contributed by atoms with Crippen LogP contribution in [0.3, 0.4) is 0 Å². The Hall–Kier alpha value is -1.35. The molecular formula is C17H23NO2. The zero-order valence-corrected chi connectivity index (χ0v) is 12.0. The van der Waals surface area contributed by atoms with Gasteiger partial charge in [-0.25, -0.2) is 0 Å². The largest absolute Gasteiger partial charge is 0.489 e. The number of carbonyl (C=O) groups is 1. The van der Waals surface area contributed by atoms with Crippen LogP contribution in [0.15, 0.2) is 24.3 Å². The third-order valence-electron chi connectivity index (χ3n) is 4.56. The van der Waals surface area contributed by atoms with Gasteiger partial charge in [0.2, 0.25) is 0 Å². The Morgan fingerprint density at radius 2 is 1.90 bits per heavy atom. The topological polar surface area (TPSA) is 29.5 Å². The normalized spacial score (nSPS) is 27.4. The molecule has 1 aliphatic heterocycles. The number of ether oxygens (including phenoxy) is 1. The molecule has 0 radical (unpaired) electrons. The molecule has 3 nitrogen and oxygen atoms in total. The van der Waals surface area contributed by atoms with Gasteiger partial charge in [-0.15, -0.1) is 0 Å². The smallest absolute Gasteiger partial charge is 0.150 e. The highest BCUT2D eigenvalue weighted by Crippen LogP contribution is 2.29. The molecule has 0 aromatic heterocycles. The van der Waals surface area contributed by atoms with E-state index in [-0.39, 0.29) is 6.10 Å². The van der Waals surface area contributed by atoms with Crippen molar-refractivity contribution >= 4 is 6.29 Å². The molecule has 1 aromatic carbocycles. The number of carbonyl (C=O) groups excluding carboxylic acids is 1. The van der Waals surface area contributed by atoms with Crippen molar-refractivity contribution in [2.75, 3.05) is 13.1 Å². The third kappa shape index (κ3) is 3.04. The highest BCUT2D eigenvalue weighted by Gasteiger charge is 2.32. The minimum Gasteiger partial charge on any atom is -0.489 e. The molecule has 0 bridgehead atoms. The highest BCUT2D eigenvalue weighted by molar-refractivity contribution is 5.75. The number of benzene rings is 1. The van der Waals surface area contributed by atoms with Crippen LogP contribution in [0, 0.1) is 0 Å². The fourth-order valence-electron chi connectivity index (χ4n) is 3.54. The van der Waals surface area contributed by atoms with Gasteiger partial charge >= 0.3 is 0 Å². The molecule has 1 aromatic rings. The zero-order chi connectivity index (χ0) is 13.8. The number of hydrogen-bond acceptors (Lipinski definition) is 3. The van der Waals surface area contributed by atoms with Crippen LogP contribution in [0.5, 0.6) is 5.75 Å². The van der Waals surface area contributed by atoms with Crippen LogP contribution in [-0.2, 0) is 0 Å². The van der Waals surface area contributed by atoms with Gasteiger partial charge in [0, 0.05) is 11.6 Å². The SMILES string of the molecule is O=Cc1cccc(OC2CCCCC2N2CCCC2)c1. The van der Waals surface area contributed by atoms with Gasteiger partial charge in [0.25, 0.3) is 0 Å². The Kier molecular flexibility index (Phi) is 4.36. The van der Waals surface area contributed by atoms with E-state index in [1.165, 1.54) is 45.2 Å². The lowest BCUT2D eigenvalue weighted by Crippen LogP contribution is -2.46. The van der Waals surface area contributed by atoms with Crippen molar-refractivity contribution in [3.8, 4) is 5.75 Å². The van der Waals surface area contributed by atoms with Gasteiger partial charge in [-0.05, 0) is 57.3 Å². The van der Waals surface area contributed by atoms with Crippen molar-refractivity contribution in [2.45, 2.75) is 50.7 Å². The molecule has 1 saturated carbocycles. The van der Waals surface area contributed by atoms with Crippen LogP contribution in [0.4, 0.5) is 0 Å². The maximum absolute atomic E-state index is 10.9. The van der Waals surface area contributed by atoms with Gasteiger partial charge in [-0.2, -0.15) is 0 Å². The number of nitrogens with zero attached hydrogens (tertiary/aromatic N) is 1. The maximum atomic E-state index is 10.9. The van der Waals surface area contributed by atoms with Crippen LogP contribution < -0.4 is 4.74 Å². The number of likely N-dealkylation sites (tertiary alicyclic amines) is 1. The van der Waals surface area contributed by atoms with E-state index in [4.69, 9.17) is 4.74 Å². The summed E-state index contributed by atoms with van der Waals surface area (Å²) in [5.74, 6) is 0.839. The first-order valence-corrected chi connectivity index (χ1v) is 7.83. The first-order chi connectivity index (χ1) is 9.86. The van der Waals surface area contributed by atoms with E-state index in [0.717, 1.165) is 18.5 Å². The van der Waals surface area contributed by atoms with Crippen LogP contribution in [-0.4, -0.2) is 36.4 Å². The zero-order valence-electron chi connectivity index (χ0n) is 12.0. The summed E-state index contributed by atoms with van der Waals surface area (Å²) < 4.78 is 6.22. The molecule has 108 valence electrons. The standard InChI is InChI=1S/C17H23NO2/c19-13-14-6-5-7-15(12-14)20-17-9-2-1-8-16(17)18-10-3-4-11-18/h5-7,12-13,16-17H,1-4,8-11H2. The Balaban J connectivity index is 1.70. The Bertz CT molecular complexity index is 454. The van der Waals surface area contributed by atoms with Crippen molar-refractivity contribution in [3.63, 3.8) is 0 Å². The van der Waals surface area contributed by atoms with Crippen LogP contribution >= 0.6 is 0 Å². The molecule has 2 atom stereocenters. The number of rotatable bonds is 4. The summed E-state index contributed by atoms with van der Waals surface area (Å²) in [6.07, 6.45) is 8.76. The van der Waals surface area contributed by atoms with E-state index in [1.54, 1.807) is 0 Å². The molecule has 20 heavy (non-hydrogen) atoms. The average Bonchev–Trinajstić information content (AvgIpc) is 3.02. The second-order valence-corrected chi connectivity index (χ2v) is 5.94. The van der Waals surface area contributed by atoms with Gasteiger partial charge in [-0.1, -0.05) is 18.6 Å². The lowest BCUT2D eigenvalue weighted by Gasteiger charge is -2.37. The summed E-state index contributed by atoms with van der Waals surface area (Å²) >= 11 is 0. The lowest BCUT2D eigenvalue weighted by molar-refractivity contribution is 0.0485. The van der Waals surface area contributed by atoms with E-state index in [0.29, 0.717) is 11.6 Å². The van der Waals surface area contributed by atoms with E-state index in [1.807, 2.05) is 24.3 Å². The maximum Gasteiger partial charge on any atom is 0.150 e. The summed E-state index contributed by atoms with van der Waals surface area (Å²) in [7, 11) is 0. The van der Waals surface area contributed by atoms with Gasteiger partial charge in [0.15, 0.2) is 0 Å². The Morgan fingerprint density at radius 1 is 1.10 bits per heavy atom. The van der Waals surface area contributed by atoms with Crippen molar-refractivity contribution in [1.82, 2.24) is 4.90 Å². The minimum absolute atomic E-state index is 0.281. The van der Waals surface area contributed by atoms with Crippen molar-refractivity contribution in [1.29, 1.82) is 0 Å². The first kappa shape index (κ1) is 13.6. The van der Waals surface area contributed by atoms with Crippen molar-refractivity contribution in [2.24, 2.45) is 0 Å². The second kappa shape index (κ2) is 6.40. The van der Waals surface area contributed by atoms with E-state index < -0.39 is 0 Å².